The Morgan fingerprint density at radius 2 is 1.89 bits per heavy atom. The van der Waals surface area contributed by atoms with Crippen molar-refractivity contribution in [2.45, 2.75) is 6.42 Å². The molecule has 0 fully saturated rings. The van der Waals surface area contributed by atoms with Crippen LogP contribution in [0, 0.1) is 5.82 Å². The van der Waals surface area contributed by atoms with Gasteiger partial charge in [-0.1, -0.05) is 12.1 Å². The van der Waals surface area contributed by atoms with Crippen molar-refractivity contribution in [3.63, 3.8) is 0 Å². The molecule has 19 heavy (non-hydrogen) atoms. The highest BCUT2D eigenvalue weighted by Gasteiger charge is 2.09. The molecule has 0 radical (unpaired) electrons. The average molecular weight is 323 g/mol. The quantitative estimate of drug-likeness (QED) is 0.795. The minimum absolute atomic E-state index is 0.0501. The normalized spacial score (nSPS) is 10.3. The number of ether oxygens (including phenoxy) is 1. The number of hydrogen-bond donors (Lipinski definition) is 0. The fraction of sp³-hybridized carbons (Fsp3) is 0.133. The summed E-state index contributed by atoms with van der Waals surface area (Å²) in [5.41, 5.74) is 1.38. The highest BCUT2D eigenvalue weighted by Crippen LogP contribution is 2.19. The molecule has 0 heterocycles. The van der Waals surface area contributed by atoms with Gasteiger partial charge < -0.3 is 4.74 Å². The first-order valence-corrected chi connectivity index (χ1v) is 6.50. The SMILES string of the molecule is COc1ccc(CC(=O)c2ccc(F)c(Br)c2)cc1. The van der Waals surface area contributed by atoms with Crippen molar-refractivity contribution in [1.82, 2.24) is 0 Å². The van der Waals surface area contributed by atoms with Crippen molar-refractivity contribution >= 4 is 21.7 Å². The van der Waals surface area contributed by atoms with Crippen molar-refractivity contribution in [3.8, 4) is 5.75 Å². The van der Waals surface area contributed by atoms with Crippen LogP contribution in [0.3, 0.4) is 0 Å². The van der Waals surface area contributed by atoms with Crippen molar-refractivity contribution in [2.75, 3.05) is 7.11 Å². The summed E-state index contributed by atoms with van der Waals surface area (Å²) < 4.78 is 18.5. The molecule has 4 heteroatoms. The summed E-state index contributed by atoms with van der Waals surface area (Å²) in [6.45, 7) is 0. The van der Waals surface area contributed by atoms with Gasteiger partial charge in [0, 0.05) is 12.0 Å². The largest absolute Gasteiger partial charge is 0.497 e. The minimum atomic E-state index is -0.374. The van der Waals surface area contributed by atoms with Crippen LogP contribution in [-0.4, -0.2) is 12.9 Å². The van der Waals surface area contributed by atoms with Crippen molar-refractivity contribution in [1.29, 1.82) is 0 Å². The minimum Gasteiger partial charge on any atom is -0.497 e. The third kappa shape index (κ3) is 3.41. The van der Waals surface area contributed by atoms with E-state index in [1.165, 1.54) is 18.2 Å². The lowest BCUT2D eigenvalue weighted by atomic mass is 10.0. The molecule has 0 aliphatic rings. The highest BCUT2D eigenvalue weighted by atomic mass is 79.9. The topological polar surface area (TPSA) is 26.3 Å². The van der Waals surface area contributed by atoms with Gasteiger partial charge in [-0.25, -0.2) is 4.39 Å². The molecule has 0 atom stereocenters. The van der Waals surface area contributed by atoms with Gasteiger partial charge in [0.25, 0.3) is 0 Å². The lowest BCUT2D eigenvalue weighted by Crippen LogP contribution is -2.03. The molecule has 2 nitrogen and oxygen atoms in total. The molecule has 0 saturated carbocycles. The summed E-state index contributed by atoms with van der Waals surface area (Å²) in [6.07, 6.45) is 0.280. The zero-order chi connectivity index (χ0) is 13.8. The van der Waals surface area contributed by atoms with Gasteiger partial charge in [-0.2, -0.15) is 0 Å². The summed E-state index contributed by atoms with van der Waals surface area (Å²) in [7, 11) is 1.59. The smallest absolute Gasteiger partial charge is 0.167 e. The van der Waals surface area contributed by atoms with Crippen LogP contribution < -0.4 is 4.74 Å². The number of rotatable bonds is 4. The number of carbonyl (C=O) groups excluding carboxylic acids is 1. The second-order valence-electron chi connectivity index (χ2n) is 4.08. The number of Topliss-reactive ketones (excluding diaryl/α,β-unsaturated/α-hetero) is 1. The van der Waals surface area contributed by atoms with Crippen molar-refractivity contribution in [2.24, 2.45) is 0 Å². The van der Waals surface area contributed by atoms with E-state index in [1.54, 1.807) is 7.11 Å². The van der Waals surface area contributed by atoms with Gasteiger partial charge in [-0.15, -0.1) is 0 Å². The van der Waals surface area contributed by atoms with Gasteiger partial charge in [-0.3, -0.25) is 4.79 Å². The molecule has 0 spiro atoms. The molecule has 0 N–H and O–H groups in total. The molecule has 0 bridgehead atoms. The molecule has 0 aliphatic carbocycles. The van der Waals surface area contributed by atoms with Gasteiger partial charge in [0.05, 0.1) is 11.6 Å². The van der Waals surface area contributed by atoms with Crippen LogP contribution >= 0.6 is 15.9 Å². The third-order valence-electron chi connectivity index (χ3n) is 2.77. The van der Waals surface area contributed by atoms with Crippen molar-refractivity contribution in [3.05, 3.63) is 63.9 Å². The maximum atomic E-state index is 13.1. The molecule has 0 aromatic heterocycles. The van der Waals surface area contributed by atoms with Crippen LogP contribution in [0.4, 0.5) is 4.39 Å². The fourth-order valence-corrected chi connectivity index (χ4v) is 2.08. The first kappa shape index (κ1) is 13.7. The Kier molecular flexibility index (Phi) is 4.32. The number of carbonyl (C=O) groups is 1. The second kappa shape index (κ2) is 5.97. The Morgan fingerprint density at radius 3 is 2.47 bits per heavy atom. The molecule has 0 saturated heterocycles. The standard InChI is InChI=1S/C15H12BrFO2/c1-19-12-5-2-10(3-6-12)8-15(18)11-4-7-14(17)13(16)9-11/h2-7,9H,8H2,1H3. The lowest BCUT2D eigenvalue weighted by Gasteiger charge is -2.04. The van der Waals surface area contributed by atoms with Gasteiger partial charge in [-0.05, 0) is 51.8 Å². The number of benzene rings is 2. The summed E-state index contributed by atoms with van der Waals surface area (Å²) in [6, 6.07) is 11.6. The second-order valence-corrected chi connectivity index (χ2v) is 4.93. The van der Waals surface area contributed by atoms with E-state index < -0.39 is 0 Å². The van der Waals surface area contributed by atoms with E-state index in [0.29, 0.717) is 10.0 Å². The lowest BCUT2D eigenvalue weighted by molar-refractivity contribution is 0.0993. The van der Waals surface area contributed by atoms with E-state index in [9.17, 15) is 9.18 Å². The van der Waals surface area contributed by atoms with Crippen LogP contribution in [0.5, 0.6) is 5.75 Å². The average Bonchev–Trinajstić information content (AvgIpc) is 2.42. The van der Waals surface area contributed by atoms with E-state index in [2.05, 4.69) is 15.9 Å². The van der Waals surface area contributed by atoms with E-state index in [1.807, 2.05) is 24.3 Å². The van der Waals surface area contributed by atoms with E-state index in [-0.39, 0.29) is 18.0 Å². The van der Waals surface area contributed by atoms with Crippen LogP contribution in [0.2, 0.25) is 0 Å². The molecule has 0 amide bonds. The summed E-state index contributed by atoms with van der Waals surface area (Å²) in [4.78, 5) is 12.1. The van der Waals surface area contributed by atoms with Crippen LogP contribution in [0.15, 0.2) is 46.9 Å². The molecule has 2 aromatic carbocycles. The zero-order valence-electron chi connectivity index (χ0n) is 10.3. The Balaban J connectivity index is 2.13. The Hall–Kier alpha value is -1.68. The van der Waals surface area contributed by atoms with Crippen molar-refractivity contribution < 1.29 is 13.9 Å². The summed E-state index contributed by atoms with van der Waals surface area (Å²) in [5.74, 6) is 0.326. The Labute approximate surface area is 119 Å². The van der Waals surface area contributed by atoms with Crippen LogP contribution in [-0.2, 0) is 6.42 Å². The predicted molar refractivity (Wildman–Crippen MR) is 75.1 cm³/mol. The monoisotopic (exact) mass is 322 g/mol. The van der Waals surface area contributed by atoms with Crippen LogP contribution in [0.1, 0.15) is 15.9 Å². The number of hydrogen-bond acceptors (Lipinski definition) is 2. The fourth-order valence-electron chi connectivity index (χ4n) is 1.70. The third-order valence-corrected chi connectivity index (χ3v) is 3.37. The number of methoxy groups -OCH3 is 1. The van der Waals surface area contributed by atoms with Gasteiger partial charge in [0.1, 0.15) is 11.6 Å². The molecule has 2 rings (SSSR count). The van der Waals surface area contributed by atoms with E-state index >= 15 is 0 Å². The number of ketones is 1. The predicted octanol–water partition coefficient (Wildman–Crippen LogP) is 4.02. The maximum Gasteiger partial charge on any atom is 0.167 e. The molecule has 0 unspecified atom stereocenters. The first-order valence-electron chi connectivity index (χ1n) is 5.71. The van der Waals surface area contributed by atoms with E-state index in [4.69, 9.17) is 4.74 Å². The van der Waals surface area contributed by atoms with Gasteiger partial charge in [0.15, 0.2) is 5.78 Å². The molecule has 98 valence electrons. The maximum absolute atomic E-state index is 13.1. The zero-order valence-corrected chi connectivity index (χ0v) is 11.9. The Bertz CT molecular complexity index is 594. The highest BCUT2D eigenvalue weighted by molar-refractivity contribution is 9.10. The molecule has 0 aliphatic heterocycles. The summed E-state index contributed by atoms with van der Waals surface area (Å²) >= 11 is 3.07. The first-order chi connectivity index (χ1) is 9.10. The van der Waals surface area contributed by atoms with Crippen LogP contribution in [0.25, 0.3) is 0 Å². The van der Waals surface area contributed by atoms with Gasteiger partial charge in [0.2, 0.25) is 0 Å². The van der Waals surface area contributed by atoms with Gasteiger partial charge >= 0.3 is 0 Å². The molecular weight excluding hydrogens is 311 g/mol. The van der Waals surface area contributed by atoms with E-state index in [0.717, 1.165) is 11.3 Å². The Morgan fingerprint density at radius 1 is 1.21 bits per heavy atom. The summed E-state index contributed by atoms with van der Waals surface area (Å²) in [5, 5.41) is 0. The molecule has 2 aromatic rings. The molecular formula is C15H12BrFO2. The number of halogens is 2.